The number of carbonyl (C=O) groups excluding carboxylic acids is 1. The highest BCUT2D eigenvalue weighted by atomic mass is 35.5. The first-order valence-corrected chi connectivity index (χ1v) is 10.9. The van der Waals surface area contributed by atoms with E-state index < -0.39 is 0 Å². The number of halogens is 1. The number of allylic oxidation sites excluding steroid dienone is 2. The molecule has 1 fully saturated rings. The monoisotopic (exact) mass is 426 g/mol. The molecule has 1 atom stereocenters. The van der Waals surface area contributed by atoms with E-state index in [0.717, 1.165) is 35.1 Å². The van der Waals surface area contributed by atoms with Crippen LogP contribution in [0.15, 0.2) is 48.2 Å². The highest BCUT2D eigenvalue weighted by molar-refractivity contribution is 6.30. The summed E-state index contributed by atoms with van der Waals surface area (Å²) in [6.45, 7) is 3.35. The van der Waals surface area contributed by atoms with Crippen LogP contribution in [0.25, 0.3) is 16.7 Å². The molecule has 1 saturated heterocycles. The third-order valence-corrected chi connectivity index (χ3v) is 6.13. The molecule has 1 heterocycles. The van der Waals surface area contributed by atoms with E-state index in [1.54, 1.807) is 0 Å². The lowest BCUT2D eigenvalue weighted by molar-refractivity contribution is -0.139. The second-order valence-electron chi connectivity index (χ2n) is 8.17. The summed E-state index contributed by atoms with van der Waals surface area (Å²) in [6.07, 6.45) is 3.21. The topological polar surface area (TPSA) is 55.8 Å². The number of carbonyl (C=O) groups is 1. The highest BCUT2D eigenvalue weighted by Crippen LogP contribution is 2.37. The summed E-state index contributed by atoms with van der Waals surface area (Å²) in [5.41, 5.74) is 4.22. The van der Waals surface area contributed by atoms with E-state index in [-0.39, 0.29) is 23.8 Å². The van der Waals surface area contributed by atoms with Gasteiger partial charge in [-0.2, -0.15) is 0 Å². The van der Waals surface area contributed by atoms with E-state index in [4.69, 9.17) is 21.1 Å². The number of aryl methyl sites for hydroxylation is 1. The maximum Gasteiger partial charge on any atom is 0.167 e. The Kier molecular flexibility index (Phi) is 6.57. The van der Waals surface area contributed by atoms with Crippen LogP contribution < -0.4 is 0 Å². The Labute approximate surface area is 182 Å². The fraction of sp³-hybridized carbons (Fsp3) is 0.400. The van der Waals surface area contributed by atoms with Crippen LogP contribution in [-0.4, -0.2) is 30.4 Å². The third kappa shape index (κ3) is 4.77. The summed E-state index contributed by atoms with van der Waals surface area (Å²) in [7, 11) is 0. The molecule has 5 heteroatoms. The van der Waals surface area contributed by atoms with Crippen LogP contribution in [0.1, 0.15) is 43.2 Å². The lowest BCUT2D eigenvalue weighted by Crippen LogP contribution is -2.25. The van der Waals surface area contributed by atoms with Gasteiger partial charge in [-0.25, -0.2) is 0 Å². The number of benzene rings is 2. The Balaban J connectivity index is 1.57. The smallest absolute Gasteiger partial charge is 0.167 e. The summed E-state index contributed by atoms with van der Waals surface area (Å²) >= 11 is 6.01. The molecule has 1 N–H and O–H groups in total. The molecule has 2 aliphatic rings. The van der Waals surface area contributed by atoms with E-state index in [9.17, 15) is 9.90 Å². The molecule has 0 radical (unpaired) electrons. The SMILES string of the molecule is Cc1ccc(-c2ccc(Cl)cc2)cc1C1=C(O)CC(CC2OCCCCO2)CC1=O. The average molecular weight is 427 g/mol. The van der Waals surface area contributed by atoms with Crippen molar-refractivity contribution in [1.29, 1.82) is 0 Å². The van der Waals surface area contributed by atoms with Gasteiger partial charge in [0.05, 0.1) is 5.57 Å². The van der Waals surface area contributed by atoms with Crippen molar-refractivity contribution in [3.63, 3.8) is 0 Å². The minimum Gasteiger partial charge on any atom is -0.512 e. The summed E-state index contributed by atoms with van der Waals surface area (Å²) in [6, 6.07) is 13.6. The molecule has 0 spiro atoms. The van der Waals surface area contributed by atoms with Crippen LogP contribution in [0.5, 0.6) is 0 Å². The van der Waals surface area contributed by atoms with E-state index >= 15 is 0 Å². The fourth-order valence-electron chi connectivity index (χ4n) is 4.25. The van der Waals surface area contributed by atoms with Crippen LogP contribution in [0.2, 0.25) is 5.02 Å². The normalized spacial score (nSPS) is 21.0. The summed E-state index contributed by atoms with van der Waals surface area (Å²) in [5.74, 6) is 0.180. The quantitative estimate of drug-likeness (QED) is 0.641. The summed E-state index contributed by atoms with van der Waals surface area (Å²) in [4.78, 5) is 13.1. The number of hydrogen-bond donors (Lipinski definition) is 1. The number of hydrogen-bond acceptors (Lipinski definition) is 4. The highest BCUT2D eigenvalue weighted by Gasteiger charge is 2.31. The molecular formula is C25H27ClO4. The molecule has 30 heavy (non-hydrogen) atoms. The van der Waals surface area contributed by atoms with Gasteiger partial charge in [-0.1, -0.05) is 35.9 Å². The Bertz CT molecular complexity index is 940. The largest absolute Gasteiger partial charge is 0.512 e. The van der Waals surface area contributed by atoms with Crippen LogP contribution in [-0.2, 0) is 14.3 Å². The third-order valence-electron chi connectivity index (χ3n) is 5.88. The van der Waals surface area contributed by atoms with Crippen molar-refractivity contribution < 1.29 is 19.4 Å². The van der Waals surface area contributed by atoms with Crippen molar-refractivity contribution in [1.82, 2.24) is 0 Å². The number of ketones is 1. The van der Waals surface area contributed by atoms with E-state index in [1.807, 2.05) is 49.4 Å². The summed E-state index contributed by atoms with van der Waals surface area (Å²) < 4.78 is 11.5. The first-order chi connectivity index (χ1) is 14.5. The van der Waals surface area contributed by atoms with Gasteiger partial charge in [0, 0.05) is 37.5 Å². The lowest BCUT2D eigenvalue weighted by atomic mass is 9.81. The van der Waals surface area contributed by atoms with Crippen molar-refractivity contribution in [2.45, 2.75) is 45.3 Å². The van der Waals surface area contributed by atoms with Gasteiger partial charge in [-0.3, -0.25) is 4.79 Å². The van der Waals surface area contributed by atoms with E-state index in [0.29, 0.717) is 43.1 Å². The van der Waals surface area contributed by atoms with Gasteiger partial charge in [-0.15, -0.1) is 0 Å². The van der Waals surface area contributed by atoms with E-state index in [2.05, 4.69) is 0 Å². The van der Waals surface area contributed by atoms with Gasteiger partial charge in [0.2, 0.25) is 0 Å². The number of aliphatic hydroxyl groups is 1. The second-order valence-corrected chi connectivity index (χ2v) is 8.61. The van der Waals surface area contributed by atoms with Gasteiger partial charge < -0.3 is 14.6 Å². The number of ether oxygens (including phenoxy) is 2. The molecule has 0 amide bonds. The minimum atomic E-state index is -0.283. The lowest BCUT2D eigenvalue weighted by Gasteiger charge is -2.27. The molecule has 2 aromatic carbocycles. The molecule has 0 saturated carbocycles. The molecule has 4 nitrogen and oxygen atoms in total. The maximum absolute atomic E-state index is 13.1. The number of rotatable bonds is 4. The Morgan fingerprint density at radius 3 is 2.33 bits per heavy atom. The average Bonchev–Trinajstić information content (AvgIpc) is 2.98. The van der Waals surface area contributed by atoms with Gasteiger partial charge in [0.1, 0.15) is 5.76 Å². The maximum atomic E-state index is 13.1. The van der Waals surface area contributed by atoms with E-state index in [1.165, 1.54) is 0 Å². The zero-order valence-electron chi connectivity index (χ0n) is 17.2. The first kappa shape index (κ1) is 21.1. The molecule has 0 aromatic heterocycles. The van der Waals surface area contributed by atoms with Gasteiger partial charge in [0.25, 0.3) is 0 Å². The number of aliphatic hydroxyl groups excluding tert-OH is 1. The van der Waals surface area contributed by atoms with Crippen molar-refractivity contribution in [2.75, 3.05) is 13.2 Å². The molecule has 4 rings (SSSR count). The molecule has 158 valence electrons. The van der Waals surface area contributed by atoms with Gasteiger partial charge in [0.15, 0.2) is 12.1 Å². The zero-order chi connectivity index (χ0) is 21.1. The van der Waals surface area contributed by atoms with Crippen molar-refractivity contribution in [3.05, 3.63) is 64.4 Å². The van der Waals surface area contributed by atoms with Crippen molar-refractivity contribution in [2.24, 2.45) is 5.92 Å². The Morgan fingerprint density at radius 1 is 1.00 bits per heavy atom. The Hall–Kier alpha value is -2.14. The molecule has 2 aromatic rings. The summed E-state index contributed by atoms with van der Waals surface area (Å²) in [5, 5.41) is 11.5. The van der Waals surface area contributed by atoms with Crippen LogP contribution in [0, 0.1) is 12.8 Å². The number of Topliss-reactive ketones (excluding diaryl/α,β-unsaturated/α-hetero) is 1. The Morgan fingerprint density at radius 2 is 1.67 bits per heavy atom. The molecular weight excluding hydrogens is 400 g/mol. The molecule has 1 unspecified atom stereocenters. The van der Waals surface area contributed by atoms with Crippen LogP contribution >= 0.6 is 11.6 Å². The van der Waals surface area contributed by atoms with Crippen molar-refractivity contribution >= 4 is 23.0 Å². The van der Waals surface area contributed by atoms with Crippen molar-refractivity contribution in [3.8, 4) is 11.1 Å². The molecule has 1 aliphatic heterocycles. The fourth-order valence-corrected chi connectivity index (χ4v) is 4.37. The van der Waals surface area contributed by atoms with Crippen LogP contribution in [0.4, 0.5) is 0 Å². The zero-order valence-corrected chi connectivity index (χ0v) is 18.0. The molecule has 1 aliphatic carbocycles. The first-order valence-electron chi connectivity index (χ1n) is 10.6. The molecule has 0 bridgehead atoms. The minimum absolute atomic E-state index is 0.0197. The van der Waals surface area contributed by atoms with Gasteiger partial charge in [-0.05, 0) is 66.1 Å². The van der Waals surface area contributed by atoms with Gasteiger partial charge >= 0.3 is 0 Å². The van der Waals surface area contributed by atoms with Crippen LogP contribution in [0.3, 0.4) is 0 Å². The predicted molar refractivity (Wildman–Crippen MR) is 118 cm³/mol. The predicted octanol–water partition coefficient (Wildman–Crippen LogP) is 6.11. The standard InChI is InChI=1S/C25H27ClO4/c1-16-4-5-19(18-6-8-20(26)9-7-18)15-21(16)25-22(27)12-17(13-23(25)28)14-24-29-10-2-3-11-30-24/h4-9,15,17,24,27H,2-3,10-14H2,1H3. The second kappa shape index (κ2) is 9.34.